The number of rotatable bonds is 7. The summed E-state index contributed by atoms with van der Waals surface area (Å²) in [4.78, 5) is 20.6. The molecule has 1 N–H and O–H groups in total. The zero-order chi connectivity index (χ0) is 13.0. The van der Waals surface area contributed by atoms with Gasteiger partial charge in [-0.2, -0.15) is 0 Å². The van der Waals surface area contributed by atoms with Crippen LogP contribution in [0.1, 0.15) is 41.0 Å². The number of aliphatic hydroxyl groups is 1. The molecule has 5 nitrogen and oxygen atoms in total. The molecule has 0 heterocycles. The van der Waals surface area contributed by atoms with Crippen molar-refractivity contribution in [2.45, 2.75) is 52.7 Å². The van der Waals surface area contributed by atoms with Crippen LogP contribution in [0.2, 0.25) is 0 Å². The van der Waals surface area contributed by atoms with E-state index in [2.05, 4.69) is 0 Å². The fraction of sp³-hybridized carbons (Fsp3) is 0.909. The van der Waals surface area contributed by atoms with Crippen molar-refractivity contribution in [1.82, 2.24) is 0 Å². The molecule has 96 valence electrons. The van der Waals surface area contributed by atoms with Crippen LogP contribution in [-0.4, -0.2) is 29.4 Å². The van der Waals surface area contributed by atoms with Gasteiger partial charge < -0.3 is 15.0 Å². The zero-order valence-corrected chi connectivity index (χ0v) is 10.6. The summed E-state index contributed by atoms with van der Waals surface area (Å²) in [5, 5.41) is 19.9. The standard InChI is InChI=1S/C11H22O5/c1-8(12)6-11(4,5)16-15-7-10(2,3)9(13)14/h8,12H,6-7H2,1-5H3,(H,13,14)/p-1. The molecule has 0 rings (SSSR count). The van der Waals surface area contributed by atoms with E-state index in [-0.39, 0.29) is 6.61 Å². The number of carboxylic acids is 1. The fourth-order valence-corrected chi connectivity index (χ4v) is 1.14. The van der Waals surface area contributed by atoms with Crippen LogP contribution in [0.4, 0.5) is 0 Å². The highest BCUT2D eigenvalue weighted by Crippen LogP contribution is 2.20. The summed E-state index contributed by atoms with van der Waals surface area (Å²) in [5.41, 5.74) is -1.75. The molecule has 0 aromatic heterocycles. The van der Waals surface area contributed by atoms with Crippen LogP contribution in [0, 0.1) is 5.41 Å². The van der Waals surface area contributed by atoms with E-state index in [1.165, 1.54) is 13.8 Å². The number of carbonyl (C=O) groups is 1. The molecular formula is C11H21O5-. The second-order valence-electron chi connectivity index (χ2n) is 5.33. The molecule has 16 heavy (non-hydrogen) atoms. The molecule has 0 fully saturated rings. The van der Waals surface area contributed by atoms with Crippen LogP contribution in [0.25, 0.3) is 0 Å². The first-order chi connectivity index (χ1) is 7.07. The fourth-order valence-electron chi connectivity index (χ4n) is 1.14. The summed E-state index contributed by atoms with van der Waals surface area (Å²) in [7, 11) is 0. The van der Waals surface area contributed by atoms with Gasteiger partial charge in [0.15, 0.2) is 0 Å². The predicted octanol–water partition coefficient (Wildman–Crippen LogP) is 0.260. The van der Waals surface area contributed by atoms with E-state index in [4.69, 9.17) is 9.78 Å². The quantitative estimate of drug-likeness (QED) is 0.504. The molecule has 5 heteroatoms. The Balaban J connectivity index is 4.02. The Morgan fingerprint density at radius 3 is 2.25 bits per heavy atom. The third kappa shape index (κ3) is 6.05. The molecule has 0 aromatic carbocycles. The lowest BCUT2D eigenvalue weighted by Crippen LogP contribution is -2.42. The molecule has 0 spiro atoms. The van der Waals surface area contributed by atoms with E-state index in [9.17, 15) is 15.0 Å². The second kappa shape index (κ2) is 5.61. The summed E-state index contributed by atoms with van der Waals surface area (Å²) < 4.78 is 0. The van der Waals surface area contributed by atoms with Crippen molar-refractivity contribution in [3.05, 3.63) is 0 Å². The smallest absolute Gasteiger partial charge is 0.100 e. The molecule has 0 aliphatic carbocycles. The van der Waals surface area contributed by atoms with E-state index in [1.54, 1.807) is 20.8 Å². The normalized spacial score (nSPS) is 14.9. The number of aliphatic carboxylic acids is 1. The number of hydrogen-bond donors (Lipinski definition) is 1. The van der Waals surface area contributed by atoms with Crippen LogP contribution >= 0.6 is 0 Å². The van der Waals surface area contributed by atoms with Gasteiger partial charge in [-0.25, -0.2) is 9.78 Å². The molecule has 0 aliphatic heterocycles. The molecule has 1 unspecified atom stereocenters. The minimum absolute atomic E-state index is 0.0986. The largest absolute Gasteiger partial charge is 0.549 e. The van der Waals surface area contributed by atoms with Crippen molar-refractivity contribution in [2.24, 2.45) is 5.41 Å². The Morgan fingerprint density at radius 1 is 1.38 bits per heavy atom. The van der Waals surface area contributed by atoms with Gasteiger partial charge in [-0.3, -0.25) is 0 Å². The van der Waals surface area contributed by atoms with E-state index >= 15 is 0 Å². The number of aliphatic hydroxyl groups excluding tert-OH is 1. The first kappa shape index (κ1) is 15.3. The first-order valence-electron chi connectivity index (χ1n) is 5.27. The van der Waals surface area contributed by atoms with E-state index in [1.807, 2.05) is 0 Å². The predicted molar refractivity (Wildman–Crippen MR) is 56.2 cm³/mol. The molecule has 0 bridgehead atoms. The van der Waals surface area contributed by atoms with Gasteiger partial charge in [0.25, 0.3) is 0 Å². The lowest BCUT2D eigenvalue weighted by atomic mass is 9.96. The van der Waals surface area contributed by atoms with Crippen molar-refractivity contribution in [3.63, 3.8) is 0 Å². The zero-order valence-electron chi connectivity index (χ0n) is 10.6. The molecule has 0 aromatic rings. The number of hydrogen-bond acceptors (Lipinski definition) is 5. The van der Waals surface area contributed by atoms with Crippen molar-refractivity contribution in [1.29, 1.82) is 0 Å². The Labute approximate surface area is 96.3 Å². The molecule has 0 radical (unpaired) electrons. The highest BCUT2D eigenvalue weighted by Gasteiger charge is 2.25. The highest BCUT2D eigenvalue weighted by molar-refractivity contribution is 5.71. The van der Waals surface area contributed by atoms with Crippen molar-refractivity contribution < 1.29 is 24.8 Å². The highest BCUT2D eigenvalue weighted by atomic mass is 17.2. The monoisotopic (exact) mass is 233 g/mol. The molecule has 0 saturated carbocycles. The van der Waals surface area contributed by atoms with Gasteiger partial charge in [-0.15, -0.1) is 0 Å². The summed E-state index contributed by atoms with van der Waals surface area (Å²) in [5.74, 6) is -1.19. The Hall–Kier alpha value is -0.650. The summed E-state index contributed by atoms with van der Waals surface area (Å²) in [6, 6.07) is 0. The number of carbonyl (C=O) groups excluding carboxylic acids is 1. The van der Waals surface area contributed by atoms with Crippen LogP contribution in [0.5, 0.6) is 0 Å². The molecule has 0 saturated heterocycles. The van der Waals surface area contributed by atoms with Gasteiger partial charge in [0.05, 0.1) is 12.7 Å². The minimum atomic E-state index is -1.19. The van der Waals surface area contributed by atoms with Crippen LogP contribution in [0.15, 0.2) is 0 Å². The third-order valence-corrected chi connectivity index (χ3v) is 2.04. The van der Waals surface area contributed by atoms with Gasteiger partial charge in [0.1, 0.15) is 5.60 Å². The second-order valence-corrected chi connectivity index (χ2v) is 5.33. The first-order valence-corrected chi connectivity index (χ1v) is 5.27. The summed E-state index contributed by atoms with van der Waals surface area (Å²) in [6.45, 7) is 8.05. The Kier molecular flexibility index (Phi) is 5.38. The number of carboxylic acid groups (broad SMARTS) is 1. The SMILES string of the molecule is CC(O)CC(C)(C)OOCC(C)(C)C(=O)[O-]. The van der Waals surface area contributed by atoms with Crippen molar-refractivity contribution in [2.75, 3.05) is 6.61 Å². The average molecular weight is 233 g/mol. The van der Waals surface area contributed by atoms with Crippen LogP contribution in [-0.2, 0) is 14.6 Å². The maximum atomic E-state index is 10.7. The summed E-state index contributed by atoms with van der Waals surface area (Å²) in [6.07, 6.45) is -0.105. The van der Waals surface area contributed by atoms with E-state index in [0.29, 0.717) is 6.42 Å². The maximum absolute atomic E-state index is 10.7. The van der Waals surface area contributed by atoms with Crippen molar-refractivity contribution in [3.8, 4) is 0 Å². The van der Waals surface area contributed by atoms with Crippen LogP contribution < -0.4 is 5.11 Å². The van der Waals surface area contributed by atoms with E-state index < -0.39 is 23.1 Å². The van der Waals surface area contributed by atoms with Crippen molar-refractivity contribution >= 4 is 5.97 Å². The topological polar surface area (TPSA) is 78.8 Å². The third-order valence-electron chi connectivity index (χ3n) is 2.04. The maximum Gasteiger partial charge on any atom is 0.100 e. The lowest BCUT2D eigenvalue weighted by Gasteiger charge is -2.29. The molecule has 0 amide bonds. The average Bonchev–Trinajstić information content (AvgIpc) is 1.99. The lowest BCUT2D eigenvalue weighted by molar-refractivity contribution is -0.374. The Bertz CT molecular complexity index is 233. The van der Waals surface area contributed by atoms with Gasteiger partial charge in [0, 0.05) is 17.8 Å². The van der Waals surface area contributed by atoms with Gasteiger partial charge in [0.2, 0.25) is 0 Å². The molecular weight excluding hydrogens is 212 g/mol. The molecule has 0 aliphatic rings. The summed E-state index contributed by atoms with van der Waals surface area (Å²) >= 11 is 0. The van der Waals surface area contributed by atoms with Gasteiger partial charge >= 0.3 is 0 Å². The van der Waals surface area contributed by atoms with Crippen LogP contribution in [0.3, 0.4) is 0 Å². The molecule has 1 atom stereocenters. The van der Waals surface area contributed by atoms with E-state index in [0.717, 1.165) is 0 Å². The van der Waals surface area contributed by atoms with Gasteiger partial charge in [-0.1, -0.05) is 13.8 Å². The minimum Gasteiger partial charge on any atom is -0.549 e. The van der Waals surface area contributed by atoms with Gasteiger partial charge in [-0.05, 0) is 20.8 Å². The Morgan fingerprint density at radius 2 is 1.88 bits per heavy atom.